The van der Waals surface area contributed by atoms with Gasteiger partial charge in [0.1, 0.15) is 0 Å². The fraction of sp³-hybridized carbons (Fsp3) is 0.550. The van der Waals surface area contributed by atoms with E-state index in [1.807, 2.05) is 7.05 Å². The quantitative estimate of drug-likeness (QED) is 0.825. The third kappa shape index (κ3) is 3.81. The van der Waals surface area contributed by atoms with Crippen molar-refractivity contribution in [2.75, 3.05) is 33.3 Å². The molecule has 4 heteroatoms. The summed E-state index contributed by atoms with van der Waals surface area (Å²) in [5, 5.41) is 0. The van der Waals surface area contributed by atoms with Crippen LogP contribution in [0.3, 0.4) is 0 Å². The van der Waals surface area contributed by atoms with Crippen molar-refractivity contribution in [1.82, 2.24) is 9.80 Å². The second kappa shape index (κ2) is 7.39. The van der Waals surface area contributed by atoms with Crippen molar-refractivity contribution in [3.63, 3.8) is 0 Å². The van der Waals surface area contributed by atoms with E-state index >= 15 is 0 Å². The summed E-state index contributed by atoms with van der Waals surface area (Å²) in [5.74, 6) is 0.378. The van der Waals surface area contributed by atoms with Crippen LogP contribution in [0.4, 0.5) is 4.79 Å². The highest BCUT2D eigenvalue weighted by Gasteiger charge is 2.27. The molecule has 1 aliphatic carbocycles. The van der Waals surface area contributed by atoms with Gasteiger partial charge in [0.25, 0.3) is 0 Å². The molecular weight excluding hydrogens is 300 g/mol. The van der Waals surface area contributed by atoms with E-state index in [1.54, 1.807) is 4.90 Å². The third-order valence-electron chi connectivity index (χ3n) is 4.96. The van der Waals surface area contributed by atoms with Gasteiger partial charge in [-0.3, -0.25) is 4.90 Å². The predicted molar refractivity (Wildman–Crippen MR) is 97.7 cm³/mol. The van der Waals surface area contributed by atoms with Crippen molar-refractivity contribution in [3.8, 4) is 0 Å². The molecule has 0 unspecified atom stereocenters. The first kappa shape index (κ1) is 17.0. The lowest BCUT2D eigenvalue weighted by Crippen LogP contribution is -2.46. The Balaban J connectivity index is 1.44. The topological polar surface area (TPSA) is 32.8 Å². The average Bonchev–Trinajstić information content (AvgIpc) is 2.57. The maximum absolute atomic E-state index is 12.1. The molecule has 1 saturated heterocycles. The lowest BCUT2D eigenvalue weighted by atomic mass is 9.88. The molecule has 0 bridgehead atoms. The molecule has 130 valence electrons. The largest absolute Gasteiger partial charge is 0.449 e. The number of carbonyl (C=O) groups excluding carboxylic acids is 1. The highest BCUT2D eigenvalue weighted by atomic mass is 16.6. The lowest BCUT2D eigenvalue weighted by molar-refractivity contribution is 0.0717. The zero-order valence-electron chi connectivity index (χ0n) is 15.0. The van der Waals surface area contributed by atoms with Crippen molar-refractivity contribution in [2.45, 2.75) is 32.7 Å². The molecule has 0 aromatic heterocycles. The van der Waals surface area contributed by atoms with E-state index in [9.17, 15) is 4.79 Å². The van der Waals surface area contributed by atoms with Crippen molar-refractivity contribution in [3.05, 3.63) is 35.4 Å². The number of rotatable bonds is 5. The van der Waals surface area contributed by atoms with Crippen LogP contribution in [-0.2, 0) is 4.74 Å². The molecule has 2 aliphatic rings. The average molecular weight is 328 g/mol. The summed E-state index contributed by atoms with van der Waals surface area (Å²) in [6.07, 6.45) is 4.14. The number of carbonyl (C=O) groups is 1. The van der Waals surface area contributed by atoms with Crippen LogP contribution in [0.1, 0.15) is 37.8 Å². The van der Waals surface area contributed by atoms with Gasteiger partial charge < -0.3 is 9.64 Å². The molecule has 3 rings (SSSR count). The van der Waals surface area contributed by atoms with E-state index in [1.165, 1.54) is 16.7 Å². The molecule has 4 nitrogen and oxygen atoms in total. The molecule has 1 amide bonds. The Morgan fingerprint density at radius 3 is 2.67 bits per heavy atom. The van der Waals surface area contributed by atoms with E-state index in [4.69, 9.17) is 4.74 Å². The van der Waals surface area contributed by atoms with E-state index in [-0.39, 0.29) is 6.09 Å². The minimum Gasteiger partial charge on any atom is -0.449 e. The summed E-state index contributed by atoms with van der Waals surface area (Å²) in [6.45, 7) is 7.69. The fourth-order valence-electron chi connectivity index (χ4n) is 3.43. The van der Waals surface area contributed by atoms with E-state index in [0.717, 1.165) is 32.5 Å². The van der Waals surface area contributed by atoms with Crippen molar-refractivity contribution < 1.29 is 9.53 Å². The summed E-state index contributed by atoms with van der Waals surface area (Å²) < 4.78 is 5.34. The number of benzene rings is 1. The molecule has 0 radical (unpaired) electrons. The van der Waals surface area contributed by atoms with Crippen molar-refractivity contribution in [1.29, 1.82) is 0 Å². The number of piperidine rings is 1. The van der Waals surface area contributed by atoms with Gasteiger partial charge in [-0.2, -0.15) is 0 Å². The Hall–Kier alpha value is -1.81. The van der Waals surface area contributed by atoms with Crippen LogP contribution in [0.25, 0.3) is 11.6 Å². The Morgan fingerprint density at radius 2 is 2.00 bits per heavy atom. The van der Waals surface area contributed by atoms with Crippen LogP contribution in [0.2, 0.25) is 0 Å². The number of nitrogens with zero attached hydrogens (tertiary/aromatic N) is 2. The normalized spacial score (nSPS) is 17.9. The number of ether oxygens (including phenoxy) is 1. The molecule has 24 heavy (non-hydrogen) atoms. The minimum absolute atomic E-state index is 0.183. The lowest BCUT2D eigenvalue weighted by Gasteiger charge is -2.37. The summed E-state index contributed by atoms with van der Waals surface area (Å²) >= 11 is 0. The molecule has 0 saturated carbocycles. The molecule has 1 aliphatic heterocycles. The molecule has 1 aromatic rings. The van der Waals surface area contributed by atoms with Gasteiger partial charge in [0.2, 0.25) is 0 Å². The highest BCUT2D eigenvalue weighted by molar-refractivity contribution is 5.96. The van der Waals surface area contributed by atoms with Crippen LogP contribution < -0.4 is 0 Å². The first-order valence-electron chi connectivity index (χ1n) is 8.96. The van der Waals surface area contributed by atoms with E-state index < -0.39 is 0 Å². The molecular formula is C20H28N2O2. The number of hydrogen-bond donors (Lipinski definition) is 0. The zero-order valence-corrected chi connectivity index (χ0v) is 15.0. The third-order valence-corrected chi connectivity index (χ3v) is 4.96. The number of amides is 1. The standard InChI is InChI=1S/C20H28N2O2/c1-15(2)14-24-20(23)21(3)18-8-10-22(11-9-18)13-17-12-16-6-4-5-7-19(16)17/h4-7,12,15,18H,8-11,13-14H2,1-3H3. The van der Waals surface area contributed by atoms with Gasteiger partial charge in [0.05, 0.1) is 6.61 Å². The summed E-state index contributed by atoms with van der Waals surface area (Å²) in [4.78, 5) is 16.4. The van der Waals surface area contributed by atoms with Crippen LogP contribution in [0, 0.1) is 5.92 Å². The predicted octanol–water partition coefficient (Wildman–Crippen LogP) is 3.73. The smallest absolute Gasteiger partial charge is 0.409 e. The Bertz CT molecular complexity index is 616. The summed E-state index contributed by atoms with van der Waals surface area (Å²) in [7, 11) is 1.87. The van der Waals surface area contributed by atoms with Gasteiger partial charge in [-0.15, -0.1) is 0 Å². The van der Waals surface area contributed by atoms with Gasteiger partial charge >= 0.3 is 6.09 Å². The first-order valence-corrected chi connectivity index (χ1v) is 8.96. The number of likely N-dealkylation sites (tertiary alicyclic amines) is 1. The second-order valence-electron chi connectivity index (χ2n) is 7.35. The molecule has 1 heterocycles. The number of fused-ring (bicyclic) bond motifs is 1. The van der Waals surface area contributed by atoms with Gasteiger partial charge in [-0.05, 0) is 41.5 Å². The molecule has 0 spiro atoms. The van der Waals surface area contributed by atoms with Crippen molar-refractivity contribution >= 4 is 17.7 Å². The number of hydrogen-bond acceptors (Lipinski definition) is 3. The van der Waals surface area contributed by atoms with Crippen LogP contribution in [-0.4, -0.2) is 55.2 Å². The highest BCUT2D eigenvalue weighted by Crippen LogP contribution is 2.33. The summed E-state index contributed by atoms with van der Waals surface area (Å²) in [5.41, 5.74) is 4.19. The van der Waals surface area contributed by atoms with Gasteiger partial charge in [0, 0.05) is 32.7 Å². The first-order chi connectivity index (χ1) is 11.5. The van der Waals surface area contributed by atoms with Gasteiger partial charge in [-0.1, -0.05) is 38.1 Å². The Morgan fingerprint density at radius 1 is 1.29 bits per heavy atom. The fourth-order valence-corrected chi connectivity index (χ4v) is 3.43. The van der Waals surface area contributed by atoms with Gasteiger partial charge in [-0.25, -0.2) is 4.79 Å². The second-order valence-corrected chi connectivity index (χ2v) is 7.35. The van der Waals surface area contributed by atoms with Crippen molar-refractivity contribution in [2.24, 2.45) is 5.92 Å². The Labute approximate surface area is 145 Å². The van der Waals surface area contributed by atoms with Crippen LogP contribution >= 0.6 is 0 Å². The molecule has 0 N–H and O–H groups in total. The molecule has 0 atom stereocenters. The summed E-state index contributed by atoms with van der Waals surface area (Å²) in [6, 6.07) is 8.86. The maximum atomic E-state index is 12.1. The minimum atomic E-state index is -0.183. The Kier molecular flexibility index (Phi) is 5.24. The van der Waals surface area contributed by atoms with Crippen LogP contribution in [0.15, 0.2) is 24.3 Å². The van der Waals surface area contributed by atoms with E-state index in [0.29, 0.717) is 18.6 Å². The monoisotopic (exact) mass is 328 g/mol. The maximum Gasteiger partial charge on any atom is 0.409 e. The molecule has 1 fully saturated rings. The zero-order chi connectivity index (χ0) is 17.1. The van der Waals surface area contributed by atoms with E-state index in [2.05, 4.69) is 49.1 Å². The van der Waals surface area contributed by atoms with Gasteiger partial charge in [0.15, 0.2) is 0 Å². The molecule has 1 aromatic carbocycles. The van der Waals surface area contributed by atoms with Crippen LogP contribution in [0.5, 0.6) is 0 Å². The SMILES string of the molecule is CC(C)COC(=O)N(C)C1CCN(CC2=Cc3ccccc32)CC1.